The molecule has 110 valence electrons. The Morgan fingerprint density at radius 2 is 1.86 bits per heavy atom. The van der Waals surface area contributed by atoms with E-state index >= 15 is 0 Å². The van der Waals surface area contributed by atoms with Crippen molar-refractivity contribution < 1.29 is 8.78 Å². The summed E-state index contributed by atoms with van der Waals surface area (Å²) in [5, 5.41) is 3.57. The van der Waals surface area contributed by atoms with Crippen LogP contribution in [-0.4, -0.2) is 6.04 Å². The summed E-state index contributed by atoms with van der Waals surface area (Å²) in [7, 11) is 0. The number of hydrogen-bond donors (Lipinski definition) is 1. The van der Waals surface area contributed by atoms with Crippen LogP contribution in [0.3, 0.4) is 0 Å². The van der Waals surface area contributed by atoms with Crippen molar-refractivity contribution in [2.45, 2.75) is 32.4 Å². The van der Waals surface area contributed by atoms with Crippen molar-refractivity contribution in [3.63, 3.8) is 0 Å². The van der Waals surface area contributed by atoms with Crippen LogP contribution in [0.1, 0.15) is 24.0 Å². The zero-order valence-electron chi connectivity index (χ0n) is 11.7. The molecule has 1 fully saturated rings. The molecule has 0 radical (unpaired) electrons. The number of rotatable bonds is 4. The van der Waals surface area contributed by atoms with Gasteiger partial charge in [-0.2, -0.15) is 0 Å². The number of aryl methyl sites for hydroxylation is 1. The van der Waals surface area contributed by atoms with Crippen molar-refractivity contribution in [2.75, 3.05) is 0 Å². The molecule has 0 aromatic heterocycles. The van der Waals surface area contributed by atoms with Crippen molar-refractivity contribution in [1.82, 2.24) is 5.32 Å². The highest BCUT2D eigenvalue weighted by Crippen LogP contribution is 2.32. The highest BCUT2D eigenvalue weighted by molar-refractivity contribution is 6.33. The van der Waals surface area contributed by atoms with Gasteiger partial charge in [-0.25, -0.2) is 8.78 Å². The maximum absolute atomic E-state index is 14.3. The van der Waals surface area contributed by atoms with Gasteiger partial charge in [0.1, 0.15) is 11.6 Å². The lowest BCUT2D eigenvalue weighted by molar-refractivity contribution is 0.616. The van der Waals surface area contributed by atoms with Gasteiger partial charge in [-0.15, -0.1) is 0 Å². The summed E-state index contributed by atoms with van der Waals surface area (Å²) < 4.78 is 27.7. The van der Waals surface area contributed by atoms with Crippen molar-refractivity contribution in [3.8, 4) is 11.1 Å². The number of benzene rings is 2. The van der Waals surface area contributed by atoms with E-state index in [-0.39, 0.29) is 16.7 Å². The first kappa shape index (κ1) is 14.5. The Morgan fingerprint density at radius 1 is 1.10 bits per heavy atom. The summed E-state index contributed by atoms with van der Waals surface area (Å²) in [6.07, 6.45) is 2.40. The first-order valence-corrected chi connectivity index (χ1v) is 7.40. The summed E-state index contributed by atoms with van der Waals surface area (Å²) in [4.78, 5) is 0. The molecule has 1 N–H and O–H groups in total. The maximum atomic E-state index is 14.3. The van der Waals surface area contributed by atoms with E-state index in [2.05, 4.69) is 5.32 Å². The second-order valence-electron chi connectivity index (χ2n) is 5.55. The van der Waals surface area contributed by atoms with E-state index in [1.807, 2.05) is 6.07 Å². The minimum atomic E-state index is -0.380. The zero-order chi connectivity index (χ0) is 15.0. The molecule has 3 rings (SSSR count). The second kappa shape index (κ2) is 5.74. The monoisotopic (exact) mass is 307 g/mol. The van der Waals surface area contributed by atoms with E-state index in [1.165, 1.54) is 25.0 Å². The minimum absolute atomic E-state index is 0.223. The molecule has 1 nitrogen and oxygen atoms in total. The molecule has 2 aromatic carbocycles. The van der Waals surface area contributed by atoms with Crippen molar-refractivity contribution in [3.05, 3.63) is 58.1 Å². The quantitative estimate of drug-likeness (QED) is 0.852. The molecule has 0 aliphatic heterocycles. The molecule has 0 amide bonds. The molecule has 0 spiro atoms. The lowest BCUT2D eigenvalue weighted by atomic mass is 10.0. The average molecular weight is 308 g/mol. The Morgan fingerprint density at radius 3 is 2.52 bits per heavy atom. The number of hydrogen-bond acceptors (Lipinski definition) is 1. The molecule has 2 aromatic rings. The Labute approximate surface area is 127 Å². The van der Waals surface area contributed by atoms with Crippen LogP contribution in [0.4, 0.5) is 8.78 Å². The lowest BCUT2D eigenvalue weighted by Gasteiger charge is -2.10. The van der Waals surface area contributed by atoms with Gasteiger partial charge in [-0.1, -0.05) is 23.7 Å². The molecule has 0 atom stereocenters. The zero-order valence-corrected chi connectivity index (χ0v) is 12.5. The first-order valence-electron chi connectivity index (χ1n) is 7.02. The summed E-state index contributed by atoms with van der Waals surface area (Å²) in [5.41, 5.74) is 2.28. The molecular formula is C17H16ClF2N. The van der Waals surface area contributed by atoms with Crippen LogP contribution in [0.15, 0.2) is 30.3 Å². The first-order chi connectivity index (χ1) is 10.0. The maximum Gasteiger partial charge on any atom is 0.131 e. The minimum Gasteiger partial charge on any atom is -0.310 e. The topological polar surface area (TPSA) is 12.0 Å². The normalized spacial score (nSPS) is 14.5. The van der Waals surface area contributed by atoms with E-state index in [0.29, 0.717) is 29.3 Å². The van der Waals surface area contributed by atoms with Crippen LogP contribution < -0.4 is 5.32 Å². The third-order valence-electron chi connectivity index (χ3n) is 3.74. The molecule has 0 bridgehead atoms. The van der Waals surface area contributed by atoms with Crippen molar-refractivity contribution >= 4 is 11.6 Å². The van der Waals surface area contributed by atoms with E-state index in [0.717, 1.165) is 5.56 Å². The molecule has 4 heteroatoms. The molecule has 1 saturated carbocycles. The van der Waals surface area contributed by atoms with E-state index in [1.54, 1.807) is 19.1 Å². The molecular weight excluding hydrogens is 292 g/mol. The highest BCUT2D eigenvalue weighted by Gasteiger charge is 2.20. The predicted molar refractivity (Wildman–Crippen MR) is 81.4 cm³/mol. The van der Waals surface area contributed by atoms with E-state index in [4.69, 9.17) is 11.6 Å². The fourth-order valence-electron chi connectivity index (χ4n) is 2.30. The van der Waals surface area contributed by atoms with Crippen LogP contribution in [0.2, 0.25) is 5.02 Å². The Bertz CT molecular complexity index is 681. The van der Waals surface area contributed by atoms with Gasteiger partial charge in [-0.05, 0) is 49.1 Å². The van der Waals surface area contributed by atoms with Gasteiger partial charge >= 0.3 is 0 Å². The van der Waals surface area contributed by atoms with Gasteiger partial charge < -0.3 is 5.32 Å². The van der Waals surface area contributed by atoms with Gasteiger partial charge in [0, 0.05) is 23.7 Å². The average Bonchev–Trinajstić information content (AvgIpc) is 3.25. The van der Waals surface area contributed by atoms with Crippen LogP contribution in [0.5, 0.6) is 0 Å². The molecule has 1 aliphatic rings. The highest BCUT2D eigenvalue weighted by atomic mass is 35.5. The Balaban J connectivity index is 1.89. The van der Waals surface area contributed by atoms with Crippen LogP contribution in [0, 0.1) is 18.6 Å². The van der Waals surface area contributed by atoms with Crippen LogP contribution in [-0.2, 0) is 6.54 Å². The molecule has 0 saturated heterocycles. The summed E-state index contributed by atoms with van der Waals surface area (Å²) in [6, 6.07) is 8.49. The molecule has 0 heterocycles. The molecule has 1 aliphatic carbocycles. The van der Waals surface area contributed by atoms with Crippen molar-refractivity contribution in [2.24, 2.45) is 0 Å². The fourth-order valence-corrected chi connectivity index (χ4v) is 2.55. The smallest absolute Gasteiger partial charge is 0.131 e. The summed E-state index contributed by atoms with van der Waals surface area (Å²) in [5.74, 6) is -0.715. The van der Waals surface area contributed by atoms with E-state index < -0.39 is 0 Å². The van der Waals surface area contributed by atoms with Gasteiger partial charge in [0.15, 0.2) is 0 Å². The summed E-state index contributed by atoms with van der Waals surface area (Å²) in [6.45, 7) is 2.30. The van der Waals surface area contributed by atoms with Crippen LogP contribution in [0.25, 0.3) is 11.1 Å². The number of nitrogens with one attached hydrogen (secondary N) is 1. The SMILES string of the molecule is Cc1cc(-c2ccc(CNC3CC3)cc2F)c(Cl)cc1F. The van der Waals surface area contributed by atoms with Gasteiger partial charge in [0.05, 0.1) is 5.02 Å². The molecule has 21 heavy (non-hydrogen) atoms. The largest absolute Gasteiger partial charge is 0.310 e. The second-order valence-corrected chi connectivity index (χ2v) is 5.96. The van der Waals surface area contributed by atoms with E-state index in [9.17, 15) is 8.78 Å². The van der Waals surface area contributed by atoms with Gasteiger partial charge in [-0.3, -0.25) is 0 Å². The third-order valence-corrected chi connectivity index (χ3v) is 4.06. The fraction of sp³-hybridized carbons (Fsp3) is 0.294. The van der Waals surface area contributed by atoms with Crippen LogP contribution >= 0.6 is 11.6 Å². The van der Waals surface area contributed by atoms with Crippen molar-refractivity contribution in [1.29, 1.82) is 0 Å². The Kier molecular flexibility index (Phi) is 3.96. The lowest BCUT2D eigenvalue weighted by Crippen LogP contribution is -2.15. The predicted octanol–water partition coefficient (Wildman–Crippen LogP) is 4.85. The molecule has 0 unspecified atom stereocenters. The number of halogens is 3. The third kappa shape index (κ3) is 3.25. The summed E-state index contributed by atoms with van der Waals surface area (Å²) >= 11 is 6.04. The van der Waals surface area contributed by atoms with Gasteiger partial charge in [0.2, 0.25) is 0 Å². The van der Waals surface area contributed by atoms with Gasteiger partial charge in [0.25, 0.3) is 0 Å². The Hall–Kier alpha value is -1.45. The standard InChI is InChI=1S/C17H16ClF2N/c1-10-6-14(15(18)8-16(10)19)13-5-2-11(7-17(13)20)9-21-12-3-4-12/h2,5-8,12,21H,3-4,9H2,1H3.